The van der Waals surface area contributed by atoms with Crippen LogP contribution in [0.2, 0.25) is 0 Å². The molecule has 0 saturated carbocycles. The first-order chi connectivity index (χ1) is 12.9. The fourth-order valence-electron chi connectivity index (χ4n) is 2.62. The van der Waals surface area contributed by atoms with Crippen LogP contribution in [0.1, 0.15) is 46.2 Å². The SMILES string of the molecule is CC(C)c1ccc(NC(=O)c2cc(NC(=O)c3ccccc3)n(C)n2)cc1. The first-order valence-electron chi connectivity index (χ1n) is 8.76. The summed E-state index contributed by atoms with van der Waals surface area (Å²) >= 11 is 0. The molecule has 0 fully saturated rings. The Morgan fingerprint density at radius 2 is 1.59 bits per heavy atom. The van der Waals surface area contributed by atoms with E-state index < -0.39 is 0 Å². The summed E-state index contributed by atoms with van der Waals surface area (Å²) in [6.07, 6.45) is 0. The van der Waals surface area contributed by atoms with Crippen molar-refractivity contribution in [3.8, 4) is 0 Å². The van der Waals surface area contributed by atoms with E-state index in [0.717, 1.165) is 0 Å². The first-order valence-corrected chi connectivity index (χ1v) is 8.76. The molecule has 0 atom stereocenters. The topological polar surface area (TPSA) is 76.0 Å². The summed E-state index contributed by atoms with van der Waals surface area (Å²) in [6, 6.07) is 18.1. The number of anilines is 2. The lowest BCUT2D eigenvalue weighted by Gasteiger charge is -2.07. The largest absolute Gasteiger partial charge is 0.321 e. The Balaban J connectivity index is 1.69. The lowest BCUT2D eigenvalue weighted by atomic mass is 10.0. The Hall–Kier alpha value is -3.41. The number of benzene rings is 2. The number of carbonyl (C=O) groups is 2. The molecule has 2 amide bonds. The monoisotopic (exact) mass is 362 g/mol. The smallest absolute Gasteiger partial charge is 0.276 e. The highest BCUT2D eigenvalue weighted by atomic mass is 16.2. The number of amides is 2. The summed E-state index contributed by atoms with van der Waals surface area (Å²) < 4.78 is 1.47. The average Bonchev–Trinajstić information content (AvgIpc) is 3.03. The fourth-order valence-corrected chi connectivity index (χ4v) is 2.62. The Bertz CT molecular complexity index is 944. The van der Waals surface area contributed by atoms with Gasteiger partial charge in [-0.3, -0.25) is 14.3 Å². The molecule has 0 aliphatic heterocycles. The van der Waals surface area contributed by atoms with Crippen LogP contribution in [0.3, 0.4) is 0 Å². The van der Waals surface area contributed by atoms with Crippen LogP contribution in [-0.4, -0.2) is 21.6 Å². The van der Waals surface area contributed by atoms with E-state index in [-0.39, 0.29) is 17.5 Å². The zero-order valence-electron chi connectivity index (χ0n) is 15.6. The predicted molar refractivity (Wildman–Crippen MR) is 106 cm³/mol. The van der Waals surface area contributed by atoms with Crippen molar-refractivity contribution in [2.45, 2.75) is 19.8 Å². The maximum absolute atomic E-state index is 12.5. The summed E-state index contributed by atoms with van der Waals surface area (Å²) in [5.41, 5.74) is 2.67. The quantitative estimate of drug-likeness (QED) is 0.719. The van der Waals surface area contributed by atoms with Crippen molar-refractivity contribution in [1.82, 2.24) is 9.78 Å². The number of hydrogen-bond donors (Lipinski definition) is 2. The molecule has 2 aromatic carbocycles. The number of carbonyl (C=O) groups excluding carboxylic acids is 2. The van der Waals surface area contributed by atoms with Gasteiger partial charge >= 0.3 is 0 Å². The van der Waals surface area contributed by atoms with Gasteiger partial charge < -0.3 is 10.6 Å². The summed E-state index contributed by atoms with van der Waals surface area (Å²) in [7, 11) is 1.68. The Morgan fingerprint density at radius 1 is 0.926 bits per heavy atom. The van der Waals surface area contributed by atoms with Crippen molar-refractivity contribution >= 4 is 23.3 Å². The highest BCUT2D eigenvalue weighted by molar-refractivity contribution is 6.06. The van der Waals surface area contributed by atoms with Crippen LogP contribution in [0, 0.1) is 0 Å². The van der Waals surface area contributed by atoms with E-state index >= 15 is 0 Å². The lowest BCUT2D eigenvalue weighted by molar-refractivity contribution is 0.101. The van der Waals surface area contributed by atoms with Gasteiger partial charge in [-0.1, -0.05) is 44.2 Å². The maximum Gasteiger partial charge on any atom is 0.276 e. The number of nitrogens with one attached hydrogen (secondary N) is 2. The van der Waals surface area contributed by atoms with E-state index in [1.807, 2.05) is 30.3 Å². The van der Waals surface area contributed by atoms with E-state index in [2.05, 4.69) is 29.6 Å². The van der Waals surface area contributed by atoms with Gasteiger partial charge in [0.1, 0.15) is 5.82 Å². The maximum atomic E-state index is 12.5. The van der Waals surface area contributed by atoms with Crippen LogP contribution in [-0.2, 0) is 7.05 Å². The summed E-state index contributed by atoms with van der Waals surface area (Å²) in [5, 5.41) is 9.78. The van der Waals surface area contributed by atoms with Gasteiger partial charge in [0.15, 0.2) is 5.69 Å². The van der Waals surface area contributed by atoms with E-state index in [9.17, 15) is 9.59 Å². The molecule has 6 heteroatoms. The zero-order chi connectivity index (χ0) is 19.4. The molecule has 3 aromatic rings. The Morgan fingerprint density at radius 3 is 2.22 bits per heavy atom. The van der Waals surface area contributed by atoms with E-state index in [0.29, 0.717) is 23.0 Å². The van der Waals surface area contributed by atoms with Gasteiger partial charge in [0.25, 0.3) is 11.8 Å². The van der Waals surface area contributed by atoms with Gasteiger partial charge in [-0.25, -0.2) is 0 Å². The van der Waals surface area contributed by atoms with Crippen LogP contribution in [0.25, 0.3) is 0 Å². The van der Waals surface area contributed by atoms with Gasteiger partial charge in [-0.15, -0.1) is 0 Å². The van der Waals surface area contributed by atoms with Crippen LogP contribution in [0.5, 0.6) is 0 Å². The Kier molecular flexibility index (Phi) is 5.35. The molecule has 27 heavy (non-hydrogen) atoms. The van der Waals surface area contributed by atoms with Crippen molar-refractivity contribution < 1.29 is 9.59 Å². The molecular weight excluding hydrogens is 340 g/mol. The van der Waals surface area contributed by atoms with Crippen molar-refractivity contribution in [3.05, 3.63) is 77.5 Å². The first kappa shape index (κ1) is 18.4. The zero-order valence-corrected chi connectivity index (χ0v) is 15.6. The van der Waals surface area contributed by atoms with Crippen LogP contribution < -0.4 is 10.6 Å². The number of aromatic nitrogens is 2. The highest BCUT2D eigenvalue weighted by Crippen LogP contribution is 2.18. The highest BCUT2D eigenvalue weighted by Gasteiger charge is 2.15. The molecule has 0 bridgehead atoms. The standard InChI is InChI=1S/C21H22N4O2/c1-14(2)15-9-11-17(12-10-15)22-21(27)18-13-19(25(3)24-18)23-20(26)16-7-5-4-6-8-16/h4-14H,1-3H3,(H,22,27)(H,23,26). The van der Waals surface area contributed by atoms with Crippen molar-refractivity contribution in [3.63, 3.8) is 0 Å². The number of rotatable bonds is 5. The normalized spacial score (nSPS) is 10.7. The minimum Gasteiger partial charge on any atom is -0.321 e. The molecule has 1 heterocycles. The molecule has 2 N–H and O–H groups in total. The second kappa shape index (κ2) is 7.86. The molecule has 0 aliphatic rings. The molecular formula is C21H22N4O2. The van der Waals surface area contributed by atoms with E-state index in [1.165, 1.54) is 10.2 Å². The molecule has 0 spiro atoms. The molecule has 0 saturated heterocycles. The second-order valence-corrected chi connectivity index (χ2v) is 6.59. The van der Waals surface area contributed by atoms with Crippen molar-refractivity contribution in [1.29, 1.82) is 0 Å². The third kappa shape index (κ3) is 4.41. The number of aryl methyl sites for hydroxylation is 1. The molecule has 0 radical (unpaired) electrons. The van der Waals surface area contributed by atoms with Crippen LogP contribution in [0.4, 0.5) is 11.5 Å². The Labute approximate surface area is 158 Å². The number of nitrogens with zero attached hydrogens (tertiary/aromatic N) is 2. The minimum absolute atomic E-state index is 0.230. The predicted octanol–water partition coefficient (Wildman–Crippen LogP) is 4.05. The number of hydrogen-bond acceptors (Lipinski definition) is 3. The van der Waals surface area contributed by atoms with Gasteiger partial charge in [-0.05, 0) is 35.7 Å². The summed E-state index contributed by atoms with van der Waals surface area (Å²) in [4.78, 5) is 24.7. The fraction of sp³-hybridized carbons (Fsp3) is 0.190. The molecule has 6 nitrogen and oxygen atoms in total. The summed E-state index contributed by atoms with van der Waals surface area (Å²) in [6.45, 7) is 4.24. The van der Waals surface area contributed by atoms with Crippen molar-refractivity contribution in [2.24, 2.45) is 7.05 Å². The van der Waals surface area contributed by atoms with E-state index in [1.54, 1.807) is 37.4 Å². The van der Waals surface area contributed by atoms with E-state index in [4.69, 9.17) is 0 Å². The van der Waals surface area contributed by atoms with Gasteiger partial charge in [0.2, 0.25) is 0 Å². The average molecular weight is 362 g/mol. The third-order valence-electron chi connectivity index (χ3n) is 4.23. The van der Waals surface area contributed by atoms with Crippen molar-refractivity contribution in [2.75, 3.05) is 10.6 Å². The van der Waals surface area contributed by atoms with Crippen LogP contribution in [0.15, 0.2) is 60.7 Å². The third-order valence-corrected chi connectivity index (χ3v) is 4.23. The van der Waals surface area contributed by atoms with Gasteiger partial charge in [0, 0.05) is 24.4 Å². The summed E-state index contributed by atoms with van der Waals surface area (Å²) in [5.74, 6) is 0.295. The van der Waals surface area contributed by atoms with Gasteiger partial charge in [-0.2, -0.15) is 5.10 Å². The molecule has 3 rings (SSSR count). The molecule has 0 aliphatic carbocycles. The molecule has 138 valence electrons. The molecule has 1 aromatic heterocycles. The lowest BCUT2D eigenvalue weighted by Crippen LogP contribution is -2.14. The second-order valence-electron chi connectivity index (χ2n) is 6.59. The van der Waals surface area contributed by atoms with Crippen LogP contribution >= 0.6 is 0 Å². The van der Waals surface area contributed by atoms with Gasteiger partial charge in [0.05, 0.1) is 0 Å². The minimum atomic E-state index is -0.330. The molecule has 0 unspecified atom stereocenters.